The fourth-order valence-corrected chi connectivity index (χ4v) is 3.90. The fourth-order valence-electron chi connectivity index (χ4n) is 3.21. The van der Waals surface area contributed by atoms with Crippen LogP contribution in [0, 0.1) is 0 Å². The molecule has 1 aromatic carbocycles. The quantitative estimate of drug-likeness (QED) is 0.712. The van der Waals surface area contributed by atoms with Gasteiger partial charge in [-0.3, -0.25) is 10.1 Å². The van der Waals surface area contributed by atoms with E-state index in [1.807, 2.05) is 37.3 Å². The molecular formula is C21H27N5O4S. The maximum Gasteiger partial charge on any atom is 0.409 e. The van der Waals surface area contributed by atoms with Crippen molar-refractivity contribution in [1.29, 1.82) is 0 Å². The number of carbonyl (C=O) groups excluding carboxylic acids is 3. The van der Waals surface area contributed by atoms with Gasteiger partial charge in [0.2, 0.25) is 5.91 Å². The maximum absolute atomic E-state index is 12.5. The van der Waals surface area contributed by atoms with Crippen molar-refractivity contribution < 1.29 is 19.1 Å². The molecule has 1 saturated heterocycles. The summed E-state index contributed by atoms with van der Waals surface area (Å²) in [5, 5.41) is 7.93. The number of nitrogens with zero attached hydrogens (tertiary/aromatic N) is 3. The lowest BCUT2D eigenvalue weighted by molar-refractivity contribution is -0.121. The lowest BCUT2D eigenvalue weighted by atomic mass is 10.1. The second kappa shape index (κ2) is 10.8. The first-order chi connectivity index (χ1) is 15.0. The number of anilines is 1. The summed E-state index contributed by atoms with van der Waals surface area (Å²) in [5.41, 5.74) is 1.63. The number of nitrogens with one attached hydrogen (secondary N) is 2. The molecule has 0 aliphatic carbocycles. The van der Waals surface area contributed by atoms with Gasteiger partial charge in [0.1, 0.15) is 0 Å². The minimum Gasteiger partial charge on any atom is -0.450 e. The Kier molecular flexibility index (Phi) is 7.82. The number of urea groups is 1. The highest BCUT2D eigenvalue weighted by Crippen LogP contribution is 2.18. The number of ether oxygens (including phenoxy) is 1. The molecule has 1 aromatic heterocycles. The lowest BCUT2D eigenvalue weighted by Crippen LogP contribution is -2.51. The van der Waals surface area contributed by atoms with Crippen LogP contribution in [0.25, 0.3) is 0 Å². The summed E-state index contributed by atoms with van der Waals surface area (Å²) >= 11 is 1.28. The number of thiazole rings is 1. The average Bonchev–Trinajstić information content (AvgIpc) is 3.21. The van der Waals surface area contributed by atoms with Crippen LogP contribution in [0.15, 0.2) is 35.7 Å². The van der Waals surface area contributed by atoms with Crippen LogP contribution in [-0.2, 0) is 16.0 Å². The molecule has 2 aromatic rings. The molecule has 3 rings (SSSR count). The van der Waals surface area contributed by atoms with Gasteiger partial charge in [0.05, 0.1) is 24.8 Å². The molecule has 166 valence electrons. The molecule has 9 nitrogen and oxygen atoms in total. The van der Waals surface area contributed by atoms with E-state index in [0.29, 0.717) is 43.6 Å². The SMILES string of the molecule is CCOC(=O)N1CCN(C(=O)Nc2nc(CC(=O)N[C@@H](C)c3ccccc3)cs2)CC1. The smallest absolute Gasteiger partial charge is 0.409 e. The zero-order chi connectivity index (χ0) is 22.2. The van der Waals surface area contributed by atoms with Crippen molar-refractivity contribution >= 4 is 34.5 Å². The van der Waals surface area contributed by atoms with Crippen molar-refractivity contribution in [3.8, 4) is 0 Å². The van der Waals surface area contributed by atoms with Crippen LogP contribution in [0.3, 0.4) is 0 Å². The van der Waals surface area contributed by atoms with Crippen molar-refractivity contribution in [3.05, 3.63) is 47.0 Å². The van der Waals surface area contributed by atoms with Crippen LogP contribution in [-0.4, -0.2) is 65.6 Å². The van der Waals surface area contributed by atoms with E-state index in [1.54, 1.807) is 22.1 Å². The molecule has 4 amide bonds. The van der Waals surface area contributed by atoms with Gasteiger partial charge >= 0.3 is 12.1 Å². The number of carbonyl (C=O) groups is 3. The summed E-state index contributed by atoms with van der Waals surface area (Å²) in [6.45, 7) is 5.71. The molecule has 1 atom stereocenters. The van der Waals surface area contributed by atoms with Gasteiger partial charge in [-0.2, -0.15) is 0 Å². The van der Waals surface area contributed by atoms with Gasteiger partial charge in [-0.15, -0.1) is 11.3 Å². The Balaban J connectivity index is 1.45. The van der Waals surface area contributed by atoms with E-state index in [4.69, 9.17) is 4.74 Å². The Bertz CT molecular complexity index is 896. The van der Waals surface area contributed by atoms with Crippen LogP contribution in [0.4, 0.5) is 14.7 Å². The molecule has 0 spiro atoms. The largest absolute Gasteiger partial charge is 0.450 e. The third-order valence-electron chi connectivity index (χ3n) is 4.88. The van der Waals surface area contributed by atoms with E-state index in [2.05, 4.69) is 15.6 Å². The number of aromatic nitrogens is 1. The monoisotopic (exact) mass is 445 g/mol. The summed E-state index contributed by atoms with van der Waals surface area (Å²) < 4.78 is 4.98. The van der Waals surface area contributed by atoms with Gasteiger partial charge in [-0.25, -0.2) is 14.6 Å². The number of piperazine rings is 1. The van der Waals surface area contributed by atoms with E-state index in [1.165, 1.54) is 11.3 Å². The van der Waals surface area contributed by atoms with Crippen molar-refractivity contribution in [1.82, 2.24) is 20.1 Å². The van der Waals surface area contributed by atoms with Crippen molar-refractivity contribution in [2.24, 2.45) is 0 Å². The van der Waals surface area contributed by atoms with Gasteiger partial charge in [-0.1, -0.05) is 30.3 Å². The summed E-state index contributed by atoms with van der Waals surface area (Å²) in [6.07, 6.45) is -0.214. The second-order valence-corrected chi connectivity index (χ2v) is 7.98. The number of amides is 4. The standard InChI is InChI=1S/C21H27N5O4S/c1-3-30-21(29)26-11-9-25(10-12-26)20(28)24-19-23-17(14-31-19)13-18(27)22-15(2)16-7-5-4-6-8-16/h4-8,14-15H,3,9-13H2,1-2H3,(H,22,27)(H,23,24,28)/t15-/m0/s1. The minimum atomic E-state index is -0.355. The highest BCUT2D eigenvalue weighted by molar-refractivity contribution is 7.13. The normalized spacial score (nSPS) is 14.6. The predicted octanol–water partition coefficient (Wildman–Crippen LogP) is 2.87. The Morgan fingerprint density at radius 2 is 1.81 bits per heavy atom. The Morgan fingerprint density at radius 3 is 2.48 bits per heavy atom. The zero-order valence-corrected chi connectivity index (χ0v) is 18.5. The van der Waals surface area contributed by atoms with Gasteiger partial charge in [0.25, 0.3) is 0 Å². The first kappa shape index (κ1) is 22.5. The topological polar surface area (TPSA) is 104 Å². The first-order valence-corrected chi connectivity index (χ1v) is 11.1. The second-order valence-electron chi connectivity index (χ2n) is 7.12. The summed E-state index contributed by atoms with van der Waals surface area (Å²) in [5.74, 6) is -0.130. The van der Waals surface area contributed by atoms with Crippen LogP contribution in [0.1, 0.15) is 31.1 Å². The molecule has 0 bridgehead atoms. The molecular weight excluding hydrogens is 418 g/mol. The van der Waals surface area contributed by atoms with E-state index in [0.717, 1.165) is 5.56 Å². The van der Waals surface area contributed by atoms with Crippen LogP contribution in [0.2, 0.25) is 0 Å². The van der Waals surface area contributed by atoms with Crippen molar-refractivity contribution in [2.75, 3.05) is 38.1 Å². The maximum atomic E-state index is 12.5. The van der Waals surface area contributed by atoms with Crippen LogP contribution < -0.4 is 10.6 Å². The van der Waals surface area contributed by atoms with Crippen LogP contribution >= 0.6 is 11.3 Å². The molecule has 1 aliphatic rings. The van der Waals surface area contributed by atoms with E-state index in [9.17, 15) is 14.4 Å². The third-order valence-corrected chi connectivity index (χ3v) is 5.68. The Hall–Kier alpha value is -3.14. The molecule has 2 heterocycles. The number of benzene rings is 1. The molecule has 10 heteroatoms. The predicted molar refractivity (Wildman–Crippen MR) is 118 cm³/mol. The van der Waals surface area contributed by atoms with E-state index >= 15 is 0 Å². The lowest BCUT2D eigenvalue weighted by Gasteiger charge is -2.33. The summed E-state index contributed by atoms with van der Waals surface area (Å²) in [7, 11) is 0. The molecule has 0 unspecified atom stereocenters. The third kappa shape index (κ3) is 6.42. The summed E-state index contributed by atoms with van der Waals surface area (Å²) in [6, 6.07) is 9.37. The Morgan fingerprint density at radius 1 is 1.13 bits per heavy atom. The first-order valence-electron chi connectivity index (χ1n) is 10.2. The minimum absolute atomic E-state index is 0.0974. The van der Waals surface area contributed by atoms with E-state index < -0.39 is 0 Å². The van der Waals surface area contributed by atoms with Gasteiger partial charge in [-0.05, 0) is 19.4 Å². The van der Waals surface area contributed by atoms with Crippen LogP contribution in [0.5, 0.6) is 0 Å². The fraction of sp³-hybridized carbons (Fsp3) is 0.429. The molecule has 0 saturated carbocycles. The Labute approximate surface area is 185 Å². The highest BCUT2D eigenvalue weighted by atomic mass is 32.1. The zero-order valence-electron chi connectivity index (χ0n) is 17.7. The van der Waals surface area contributed by atoms with Gasteiger partial charge in [0.15, 0.2) is 5.13 Å². The average molecular weight is 446 g/mol. The molecule has 1 fully saturated rings. The van der Waals surface area contributed by atoms with E-state index in [-0.39, 0.29) is 30.5 Å². The molecule has 1 aliphatic heterocycles. The van der Waals surface area contributed by atoms with Crippen molar-refractivity contribution in [2.45, 2.75) is 26.3 Å². The molecule has 31 heavy (non-hydrogen) atoms. The van der Waals surface area contributed by atoms with Gasteiger partial charge in [0, 0.05) is 31.6 Å². The summed E-state index contributed by atoms with van der Waals surface area (Å²) in [4.78, 5) is 44.1. The number of rotatable bonds is 6. The number of hydrogen-bond donors (Lipinski definition) is 2. The van der Waals surface area contributed by atoms with Crippen molar-refractivity contribution in [3.63, 3.8) is 0 Å². The molecule has 0 radical (unpaired) electrons. The van der Waals surface area contributed by atoms with Gasteiger partial charge < -0.3 is 19.9 Å². The molecule has 2 N–H and O–H groups in total. The number of hydrogen-bond acceptors (Lipinski definition) is 6. The highest BCUT2D eigenvalue weighted by Gasteiger charge is 2.25.